The number of aliphatic hydroxyl groups is 1. The van der Waals surface area contributed by atoms with Crippen LogP contribution in [0.1, 0.15) is 34.6 Å². The molecular weight excluding hydrogens is 250 g/mol. The number of rotatable bonds is 6. The Balaban J connectivity index is 2.50. The maximum atomic E-state index is 9.48. The van der Waals surface area contributed by atoms with Gasteiger partial charge in [0.15, 0.2) is 0 Å². The van der Waals surface area contributed by atoms with Gasteiger partial charge in [-0.15, -0.1) is 5.10 Å². The summed E-state index contributed by atoms with van der Waals surface area (Å²) >= 11 is 1.49. The average molecular weight is 273 g/mol. The molecule has 2 N–H and O–H groups in total. The van der Waals surface area contributed by atoms with E-state index in [2.05, 4.69) is 41.6 Å². The second kappa shape index (κ2) is 6.49. The van der Waals surface area contributed by atoms with E-state index in [1.807, 2.05) is 6.92 Å². The van der Waals surface area contributed by atoms with E-state index in [-0.39, 0.29) is 16.9 Å². The summed E-state index contributed by atoms with van der Waals surface area (Å²) in [6.45, 7) is 11.6. The summed E-state index contributed by atoms with van der Waals surface area (Å²) in [5.41, 5.74) is 0.0915. The highest BCUT2D eigenvalue weighted by Gasteiger charge is 2.16. The summed E-state index contributed by atoms with van der Waals surface area (Å²) in [5, 5.41) is 25.3. The zero-order valence-corrected chi connectivity index (χ0v) is 12.5. The van der Waals surface area contributed by atoms with Crippen molar-refractivity contribution in [1.82, 2.24) is 25.5 Å². The molecule has 0 aliphatic carbocycles. The number of hydrogen-bond acceptors (Lipinski definition) is 6. The molecule has 0 spiro atoms. The zero-order chi connectivity index (χ0) is 13.8. The highest BCUT2D eigenvalue weighted by Crippen LogP contribution is 2.22. The van der Waals surface area contributed by atoms with E-state index >= 15 is 0 Å². The van der Waals surface area contributed by atoms with Crippen LogP contribution < -0.4 is 5.32 Å². The lowest BCUT2D eigenvalue weighted by molar-refractivity contribution is 0.196. The predicted molar refractivity (Wildman–Crippen MR) is 72.6 cm³/mol. The van der Waals surface area contributed by atoms with E-state index in [1.165, 1.54) is 11.8 Å². The average Bonchev–Trinajstić information content (AvgIpc) is 2.63. The maximum Gasteiger partial charge on any atom is 0.209 e. The van der Waals surface area contributed by atoms with Gasteiger partial charge in [-0.25, -0.2) is 4.68 Å². The number of nitrogens with zero attached hydrogens (tertiary/aromatic N) is 4. The molecule has 7 heteroatoms. The first kappa shape index (κ1) is 15.4. The van der Waals surface area contributed by atoms with Gasteiger partial charge in [-0.3, -0.25) is 0 Å². The molecule has 1 aromatic heterocycles. The first-order valence-electron chi connectivity index (χ1n) is 6.15. The predicted octanol–water partition coefficient (Wildman–Crippen LogP) is 0.923. The molecule has 6 nitrogen and oxygen atoms in total. The molecular formula is C11H23N5OS. The number of aromatic nitrogens is 4. The molecule has 0 bridgehead atoms. The zero-order valence-electron chi connectivity index (χ0n) is 11.7. The minimum atomic E-state index is -0.382. The van der Waals surface area contributed by atoms with Gasteiger partial charge in [0.25, 0.3) is 0 Å². The van der Waals surface area contributed by atoms with Crippen LogP contribution in [0.4, 0.5) is 0 Å². The minimum Gasteiger partial charge on any atom is -0.392 e. The molecule has 1 rings (SSSR count). The molecule has 1 heterocycles. The summed E-state index contributed by atoms with van der Waals surface area (Å²) in [6.07, 6.45) is -0.382. The van der Waals surface area contributed by atoms with Gasteiger partial charge < -0.3 is 10.4 Å². The molecule has 0 radical (unpaired) electrons. The number of hydrogen-bond donors (Lipinski definition) is 2. The van der Waals surface area contributed by atoms with Gasteiger partial charge in [-0.1, -0.05) is 18.7 Å². The van der Waals surface area contributed by atoms with Crippen molar-refractivity contribution < 1.29 is 5.11 Å². The Morgan fingerprint density at radius 1 is 1.39 bits per heavy atom. The quantitative estimate of drug-likeness (QED) is 0.751. The van der Waals surface area contributed by atoms with Crippen LogP contribution in [0.15, 0.2) is 5.16 Å². The van der Waals surface area contributed by atoms with E-state index in [9.17, 15) is 5.11 Å². The van der Waals surface area contributed by atoms with Crippen LogP contribution in [-0.2, 0) is 6.54 Å². The molecule has 1 aromatic rings. The molecule has 2 atom stereocenters. The van der Waals surface area contributed by atoms with E-state index in [0.717, 1.165) is 18.2 Å². The molecule has 18 heavy (non-hydrogen) atoms. The van der Waals surface area contributed by atoms with E-state index < -0.39 is 0 Å². The summed E-state index contributed by atoms with van der Waals surface area (Å²) < 4.78 is 1.77. The highest BCUT2D eigenvalue weighted by molar-refractivity contribution is 7.99. The summed E-state index contributed by atoms with van der Waals surface area (Å²) in [7, 11) is 0. The van der Waals surface area contributed by atoms with Crippen molar-refractivity contribution in [1.29, 1.82) is 0 Å². The third kappa shape index (κ3) is 5.32. The topological polar surface area (TPSA) is 75.9 Å². The molecule has 0 saturated carbocycles. The monoisotopic (exact) mass is 273 g/mol. The molecule has 0 aromatic carbocycles. The van der Waals surface area contributed by atoms with Crippen molar-refractivity contribution in [3.8, 4) is 0 Å². The largest absolute Gasteiger partial charge is 0.392 e. The minimum absolute atomic E-state index is 0.0744. The number of thioether (sulfide) groups is 1. The third-order valence-electron chi connectivity index (χ3n) is 2.45. The first-order chi connectivity index (χ1) is 8.29. The lowest BCUT2D eigenvalue weighted by atomic mass is 10.1. The number of tetrazole rings is 1. The van der Waals surface area contributed by atoms with Gasteiger partial charge in [-0.05, 0) is 38.1 Å². The SMILES string of the molecule is CC(O)C(C)Sc1nnnn1CCNC(C)(C)C. The molecule has 2 unspecified atom stereocenters. The standard InChI is InChI=1S/C11H23N5OS/c1-8(17)9(2)18-10-13-14-15-16(10)7-6-12-11(3,4)5/h8-9,12,17H,6-7H2,1-5H3. The Morgan fingerprint density at radius 3 is 2.61 bits per heavy atom. The van der Waals surface area contributed by atoms with E-state index in [1.54, 1.807) is 11.6 Å². The Bertz CT molecular complexity index is 361. The van der Waals surface area contributed by atoms with Gasteiger partial charge in [0.1, 0.15) is 0 Å². The lowest BCUT2D eigenvalue weighted by Crippen LogP contribution is -2.38. The normalized spacial score (nSPS) is 15.7. The lowest BCUT2D eigenvalue weighted by Gasteiger charge is -2.20. The summed E-state index contributed by atoms with van der Waals surface area (Å²) in [6, 6.07) is 0. The van der Waals surface area contributed by atoms with Crippen LogP contribution in [0.3, 0.4) is 0 Å². The van der Waals surface area contributed by atoms with E-state index in [0.29, 0.717) is 0 Å². The summed E-state index contributed by atoms with van der Waals surface area (Å²) in [4.78, 5) is 0. The molecule has 0 fully saturated rings. The molecule has 104 valence electrons. The Hall–Kier alpha value is -0.660. The Kier molecular flexibility index (Phi) is 5.55. The fraction of sp³-hybridized carbons (Fsp3) is 0.909. The fourth-order valence-electron chi connectivity index (χ4n) is 1.22. The molecule has 0 aliphatic rings. The molecule has 0 aliphatic heterocycles. The van der Waals surface area contributed by atoms with Crippen LogP contribution in [-0.4, -0.2) is 48.8 Å². The Morgan fingerprint density at radius 2 is 2.06 bits per heavy atom. The third-order valence-corrected chi connectivity index (χ3v) is 3.72. The molecule has 0 saturated heterocycles. The Labute approximate surface area is 113 Å². The smallest absolute Gasteiger partial charge is 0.209 e. The first-order valence-corrected chi connectivity index (χ1v) is 7.03. The van der Waals surface area contributed by atoms with Crippen molar-refractivity contribution in [2.45, 2.75) is 63.2 Å². The van der Waals surface area contributed by atoms with Crippen LogP contribution in [0.5, 0.6) is 0 Å². The van der Waals surface area contributed by atoms with Crippen molar-refractivity contribution in [2.24, 2.45) is 0 Å². The van der Waals surface area contributed by atoms with Gasteiger partial charge in [0.05, 0.1) is 12.6 Å². The van der Waals surface area contributed by atoms with Crippen LogP contribution in [0.2, 0.25) is 0 Å². The fourth-order valence-corrected chi connectivity index (χ4v) is 2.09. The second-order valence-electron chi connectivity index (χ2n) is 5.42. The van der Waals surface area contributed by atoms with Crippen molar-refractivity contribution in [3.05, 3.63) is 0 Å². The second-order valence-corrected chi connectivity index (χ2v) is 6.77. The van der Waals surface area contributed by atoms with Gasteiger partial charge in [-0.2, -0.15) is 0 Å². The number of nitrogens with one attached hydrogen (secondary N) is 1. The van der Waals surface area contributed by atoms with Crippen molar-refractivity contribution >= 4 is 11.8 Å². The summed E-state index contributed by atoms with van der Waals surface area (Å²) in [5.74, 6) is 0. The van der Waals surface area contributed by atoms with Crippen LogP contribution in [0, 0.1) is 0 Å². The highest BCUT2D eigenvalue weighted by atomic mass is 32.2. The van der Waals surface area contributed by atoms with Crippen molar-refractivity contribution in [2.75, 3.05) is 6.54 Å². The van der Waals surface area contributed by atoms with Gasteiger partial charge in [0, 0.05) is 17.3 Å². The molecule has 0 amide bonds. The van der Waals surface area contributed by atoms with Crippen LogP contribution in [0.25, 0.3) is 0 Å². The van der Waals surface area contributed by atoms with E-state index in [4.69, 9.17) is 0 Å². The maximum absolute atomic E-state index is 9.48. The van der Waals surface area contributed by atoms with Crippen molar-refractivity contribution in [3.63, 3.8) is 0 Å². The van der Waals surface area contributed by atoms with Crippen LogP contribution >= 0.6 is 11.8 Å². The number of aliphatic hydroxyl groups excluding tert-OH is 1. The van der Waals surface area contributed by atoms with Gasteiger partial charge in [0.2, 0.25) is 5.16 Å². The van der Waals surface area contributed by atoms with Gasteiger partial charge >= 0.3 is 0 Å².